The molecule has 1 amide bonds. The maximum Gasteiger partial charge on any atom is 0.293 e. The maximum absolute atomic E-state index is 12.8. The molecule has 2 aromatic rings. The van der Waals surface area contributed by atoms with E-state index >= 15 is 0 Å². The van der Waals surface area contributed by atoms with Crippen LogP contribution in [0, 0.1) is 0 Å². The summed E-state index contributed by atoms with van der Waals surface area (Å²) in [6.45, 7) is 3.19. The van der Waals surface area contributed by atoms with E-state index in [-0.39, 0.29) is 11.7 Å². The van der Waals surface area contributed by atoms with Gasteiger partial charge in [-0.2, -0.15) is 0 Å². The van der Waals surface area contributed by atoms with Gasteiger partial charge in [0.05, 0.1) is 10.7 Å². The van der Waals surface area contributed by atoms with Crippen LogP contribution in [0.4, 0.5) is 0 Å². The Hall–Kier alpha value is -1.92. The number of amides is 1. The molecule has 4 rings (SSSR count). The molecule has 24 heavy (non-hydrogen) atoms. The van der Waals surface area contributed by atoms with E-state index in [2.05, 4.69) is 15.4 Å². The molecular formula is C17H20ClN5O. The van der Waals surface area contributed by atoms with Crippen molar-refractivity contribution in [1.82, 2.24) is 25.0 Å². The first-order chi connectivity index (χ1) is 11.7. The number of nitrogens with zero attached hydrogens (tertiary/aromatic N) is 4. The second-order valence-electron chi connectivity index (χ2n) is 6.33. The van der Waals surface area contributed by atoms with Crippen LogP contribution in [0.2, 0.25) is 5.02 Å². The van der Waals surface area contributed by atoms with Crippen LogP contribution >= 0.6 is 11.6 Å². The minimum Gasteiger partial charge on any atom is -0.335 e. The number of carbonyl (C=O) groups excluding carboxylic acids is 1. The minimum atomic E-state index is -0.0913. The Morgan fingerprint density at radius 1 is 1.21 bits per heavy atom. The largest absolute Gasteiger partial charge is 0.335 e. The Kier molecular flexibility index (Phi) is 4.24. The molecule has 126 valence electrons. The molecule has 1 aliphatic carbocycles. The molecule has 0 bridgehead atoms. The van der Waals surface area contributed by atoms with Gasteiger partial charge in [-0.3, -0.25) is 4.79 Å². The van der Waals surface area contributed by atoms with Crippen LogP contribution in [0.3, 0.4) is 0 Å². The zero-order valence-corrected chi connectivity index (χ0v) is 14.2. The second kappa shape index (κ2) is 6.53. The summed E-state index contributed by atoms with van der Waals surface area (Å²) in [5.41, 5.74) is 0.783. The van der Waals surface area contributed by atoms with Crippen molar-refractivity contribution in [1.29, 1.82) is 0 Å². The Balaban J connectivity index is 1.68. The van der Waals surface area contributed by atoms with Crippen LogP contribution in [0.15, 0.2) is 24.3 Å². The SMILES string of the molecule is O=C(c1nc(C2CC2)n(-c2ccccc2Cl)n1)N1CCCNCC1. The summed E-state index contributed by atoms with van der Waals surface area (Å²) in [7, 11) is 0. The van der Waals surface area contributed by atoms with Crippen molar-refractivity contribution in [2.45, 2.75) is 25.2 Å². The van der Waals surface area contributed by atoms with Crippen molar-refractivity contribution in [3.05, 3.63) is 40.9 Å². The Morgan fingerprint density at radius 2 is 2.04 bits per heavy atom. The quantitative estimate of drug-likeness (QED) is 0.926. The highest BCUT2D eigenvalue weighted by Gasteiger charge is 2.33. The van der Waals surface area contributed by atoms with Gasteiger partial charge < -0.3 is 10.2 Å². The molecular weight excluding hydrogens is 326 g/mol. The lowest BCUT2D eigenvalue weighted by molar-refractivity contribution is 0.0754. The first-order valence-corrected chi connectivity index (χ1v) is 8.83. The maximum atomic E-state index is 12.8. The predicted molar refractivity (Wildman–Crippen MR) is 91.7 cm³/mol. The average Bonchev–Trinajstić information content (AvgIpc) is 3.39. The monoisotopic (exact) mass is 345 g/mol. The fraction of sp³-hybridized carbons (Fsp3) is 0.471. The fourth-order valence-electron chi connectivity index (χ4n) is 3.01. The Morgan fingerprint density at radius 3 is 2.83 bits per heavy atom. The van der Waals surface area contributed by atoms with Gasteiger partial charge in [-0.25, -0.2) is 9.67 Å². The molecule has 0 atom stereocenters. The fourth-order valence-corrected chi connectivity index (χ4v) is 3.23. The molecule has 2 fully saturated rings. The average molecular weight is 346 g/mol. The number of para-hydroxylation sites is 1. The zero-order valence-electron chi connectivity index (χ0n) is 13.4. The third-order valence-corrected chi connectivity index (χ3v) is 4.79. The van der Waals surface area contributed by atoms with Crippen LogP contribution in [0.1, 0.15) is 41.6 Å². The summed E-state index contributed by atoms with van der Waals surface area (Å²) in [5, 5.41) is 8.44. The summed E-state index contributed by atoms with van der Waals surface area (Å²) in [4.78, 5) is 19.2. The van der Waals surface area contributed by atoms with Gasteiger partial charge in [0.1, 0.15) is 5.82 Å². The van der Waals surface area contributed by atoms with Gasteiger partial charge in [0, 0.05) is 25.6 Å². The number of aromatic nitrogens is 3. The molecule has 1 aromatic heterocycles. The van der Waals surface area contributed by atoms with Crippen molar-refractivity contribution >= 4 is 17.5 Å². The normalized spacial score (nSPS) is 18.5. The van der Waals surface area contributed by atoms with E-state index in [1.807, 2.05) is 29.2 Å². The molecule has 2 aliphatic rings. The van der Waals surface area contributed by atoms with Crippen LogP contribution < -0.4 is 5.32 Å². The van der Waals surface area contributed by atoms with E-state index in [4.69, 9.17) is 11.6 Å². The summed E-state index contributed by atoms with van der Waals surface area (Å²) in [6, 6.07) is 7.54. The molecule has 0 spiro atoms. The van der Waals surface area contributed by atoms with E-state index in [9.17, 15) is 4.79 Å². The van der Waals surface area contributed by atoms with E-state index in [1.54, 1.807) is 4.68 Å². The third-order valence-electron chi connectivity index (χ3n) is 4.47. The molecule has 1 saturated heterocycles. The summed E-state index contributed by atoms with van der Waals surface area (Å²) < 4.78 is 1.75. The van der Waals surface area contributed by atoms with Crippen LogP contribution in [-0.4, -0.2) is 51.8 Å². The van der Waals surface area contributed by atoms with Crippen molar-refractivity contribution in [3.63, 3.8) is 0 Å². The molecule has 1 aromatic carbocycles. The highest BCUT2D eigenvalue weighted by molar-refractivity contribution is 6.32. The van der Waals surface area contributed by atoms with Gasteiger partial charge in [-0.1, -0.05) is 23.7 Å². The molecule has 0 unspecified atom stereocenters. The van der Waals surface area contributed by atoms with Gasteiger partial charge in [0.25, 0.3) is 5.91 Å². The third kappa shape index (κ3) is 3.03. The number of halogens is 1. The van der Waals surface area contributed by atoms with Gasteiger partial charge in [-0.05, 0) is 37.9 Å². The molecule has 1 N–H and O–H groups in total. The number of carbonyl (C=O) groups is 1. The zero-order chi connectivity index (χ0) is 16.5. The minimum absolute atomic E-state index is 0.0913. The molecule has 2 heterocycles. The van der Waals surface area contributed by atoms with Crippen molar-refractivity contribution in [2.24, 2.45) is 0 Å². The van der Waals surface area contributed by atoms with E-state index in [0.29, 0.717) is 17.5 Å². The van der Waals surface area contributed by atoms with Gasteiger partial charge in [0.2, 0.25) is 5.82 Å². The first kappa shape index (κ1) is 15.6. The molecule has 6 nitrogen and oxygen atoms in total. The number of hydrogen-bond acceptors (Lipinski definition) is 4. The lowest BCUT2D eigenvalue weighted by Gasteiger charge is -2.17. The molecule has 0 radical (unpaired) electrons. The van der Waals surface area contributed by atoms with Gasteiger partial charge in [-0.15, -0.1) is 5.10 Å². The summed E-state index contributed by atoms with van der Waals surface area (Å²) >= 11 is 6.32. The second-order valence-corrected chi connectivity index (χ2v) is 6.73. The van der Waals surface area contributed by atoms with Crippen molar-refractivity contribution in [2.75, 3.05) is 26.2 Å². The smallest absolute Gasteiger partial charge is 0.293 e. The van der Waals surface area contributed by atoms with E-state index in [1.165, 1.54) is 0 Å². The highest BCUT2D eigenvalue weighted by Crippen LogP contribution is 2.40. The standard InChI is InChI=1S/C17H20ClN5O/c18-13-4-1-2-5-14(13)23-16(12-6-7-12)20-15(21-23)17(24)22-10-3-8-19-9-11-22/h1-2,4-5,12,19H,3,6-11H2. The van der Waals surface area contributed by atoms with Gasteiger partial charge >= 0.3 is 0 Å². The molecule has 1 saturated carbocycles. The van der Waals surface area contributed by atoms with Crippen LogP contribution in [0.25, 0.3) is 5.69 Å². The predicted octanol–water partition coefficient (Wildman–Crippen LogP) is 2.23. The summed E-state index contributed by atoms with van der Waals surface area (Å²) in [5.74, 6) is 1.41. The summed E-state index contributed by atoms with van der Waals surface area (Å²) in [6.07, 6.45) is 3.13. The van der Waals surface area contributed by atoms with Crippen molar-refractivity contribution in [3.8, 4) is 5.69 Å². The Labute approximate surface area is 145 Å². The van der Waals surface area contributed by atoms with Crippen LogP contribution in [-0.2, 0) is 0 Å². The van der Waals surface area contributed by atoms with Crippen LogP contribution in [0.5, 0.6) is 0 Å². The van der Waals surface area contributed by atoms with E-state index < -0.39 is 0 Å². The molecule has 1 aliphatic heterocycles. The number of benzene rings is 1. The van der Waals surface area contributed by atoms with Gasteiger partial charge in [0.15, 0.2) is 0 Å². The topological polar surface area (TPSA) is 63.1 Å². The van der Waals surface area contributed by atoms with Crippen molar-refractivity contribution < 1.29 is 4.79 Å². The number of hydrogen-bond donors (Lipinski definition) is 1. The highest BCUT2D eigenvalue weighted by atomic mass is 35.5. The lowest BCUT2D eigenvalue weighted by atomic mass is 10.3. The number of nitrogens with one attached hydrogen (secondary N) is 1. The molecule has 7 heteroatoms. The number of rotatable bonds is 3. The van der Waals surface area contributed by atoms with E-state index in [0.717, 1.165) is 50.4 Å². The lowest BCUT2D eigenvalue weighted by Crippen LogP contribution is -2.34. The Bertz CT molecular complexity index is 747. The first-order valence-electron chi connectivity index (χ1n) is 8.46.